The first-order chi connectivity index (χ1) is 16.6. The fourth-order valence-electron chi connectivity index (χ4n) is 4.66. The molecule has 0 bridgehead atoms. The summed E-state index contributed by atoms with van der Waals surface area (Å²) in [6.07, 6.45) is 6.94. The Kier molecular flexibility index (Phi) is 8.63. The van der Waals surface area contributed by atoms with Gasteiger partial charge in [-0.1, -0.05) is 27.5 Å². The van der Waals surface area contributed by atoms with Gasteiger partial charge in [0.2, 0.25) is 0 Å². The number of benzene rings is 1. The number of nitrogens with one attached hydrogen (secondary N) is 1. The molecule has 1 amide bonds. The van der Waals surface area contributed by atoms with Gasteiger partial charge in [0.05, 0.1) is 16.7 Å². The standard InChI is InChI=1S/C25H29BrClN5O2/c26-12-9-17-10-13-32(14-11-17)24-8-7-23(30-31-24)25(33)29-19-2-5-20(6-3-19)34-21-4-1-18(16-28)22(27)15-21/h1,4,7-8,15,17,19-20H,2-3,5-6,9-14H2,(H,29,33). The van der Waals surface area contributed by atoms with E-state index in [1.54, 1.807) is 24.3 Å². The number of alkyl halides is 1. The Morgan fingerprint density at radius 3 is 2.53 bits per heavy atom. The van der Waals surface area contributed by atoms with Crippen LogP contribution in [0, 0.1) is 17.2 Å². The largest absolute Gasteiger partial charge is 0.490 e. The number of halogens is 2. The first kappa shape index (κ1) is 24.7. The van der Waals surface area contributed by atoms with Crippen molar-refractivity contribution in [1.82, 2.24) is 15.5 Å². The highest BCUT2D eigenvalue weighted by molar-refractivity contribution is 9.09. The van der Waals surface area contributed by atoms with E-state index in [0.717, 1.165) is 55.8 Å². The average molecular weight is 547 g/mol. The van der Waals surface area contributed by atoms with Gasteiger partial charge in [-0.2, -0.15) is 5.26 Å². The molecular formula is C25H29BrClN5O2. The number of nitrogens with zero attached hydrogens (tertiary/aromatic N) is 4. The molecule has 2 fully saturated rings. The van der Waals surface area contributed by atoms with E-state index in [2.05, 4.69) is 36.3 Å². The second kappa shape index (κ2) is 11.9. The summed E-state index contributed by atoms with van der Waals surface area (Å²) in [6.45, 7) is 1.97. The lowest BCUT2D eigenvalue weighted by Gasteiger charge is -2.32. The number of carbonyl (C=O) groups is 1. The molecule has 1 N–H and O–H groups in total. The molecule has 1 saturated heterocycles. The summed E-state index contributed by atoms with van der Waals surface area (Å²) < 4.78 is 6.03. The second-order valence-electron chi connectivity index (χ2n) is 9.00. The van der Waals surface area contributed by atoms with Crippen LogP contribution in [0.1, 0.15) is 61.0 Å². The molecule has 0 atom stereocenters. The molecule has 1 saturated carbocycles. The van der Waals surface area contributed by atoms with Crippen molar-refractivity contribution in [3.8, 4) is 11.8 Å². The molecule has 1 aliphatic carbocycles. The first-order valence-electron chi connectivity index (χ1n) is 11.9. The van der Waals surface area contributed by atoms with Crippen LogP contribution in [0.2, 0.25) is 5.02 Å². The number of hydrogen-bond donors (Lipinski definition) is 1. The third-order valence-electron chi connectivity index (χ3n) is 6.71. The Balaban J connectivity index is 1.22. The zero-order valence-electron chi connectivity index (χ0n) is 19.1. The van der Waals surface area contributed by atoms with Crippen LogP contribution in [0.3, 0.4) is 0 Å². The number of anilines is 1. The summed E-state index contributed by atoms with van der Waals surface area (Å²) in [4.78, 5) is 14.9. The van der Waals surface area contributed by atoms with Crippen molar-refractivity contribution >= 4 is 39.3 Å². The number of rotatable bonds is 7. The minimum atomic E-state index is -0.182. The Labute approximate surface area is 214 Å². The number of piperidine rings is 1. The average Bonchev–Trinajstić information content (AvgIpc) is 2.86. The van der Waals surface area contributed by atoms with Crippen LogP contribution in [-0.4, -0.2) is 46.7 Å². The predicted octanol–water partition coefficient (Wildman–Crippen LogP) is 5.12. The molecule has 1 aromatic carbocycles. The van der Waals surface area contributed by atoms with Crippen molar-refractivity contribution in [2.75, 3.05) is 23.3 Å². The summed E-state index contributed by atoms with van der Waals surface area (Å²) in [5.74, 6) is 2.10. The van der Waals surface area contributed by atoms with E-state index in [0.29, 0.717) is 22.0 Å². The lowest BCUT2D eigenvalue weighted by molar-refractivity contribution is 0.0888. The van der Waals surface area contributed by atoms with Crippen LogP contribution in [-0.2, 0) is 0 Å². The van der Waals surface area contributed by atoms with E-state index in [-0.39, 0.29) is 18.1 Å². The van der Waals surface area contributed by atoms with Crippen molar-refractivity contribution in [2.24, 2.45) is 5.92 Å². The molecule has 34 heavy (non-hydrogen) atoms. The highest BCUT2D eigenvalue weighted by Gasteiger charge is 2.25. The lowest BCUT2D eigenvalue weighted by atomic mass is 9.92. The number of amides is 1. The fraction of sp³-hybridized carbons (Fsp3) is 0.520. The number of nitriles is 1. The van der Waals surface area contributed by atoms with E-state index in [1.165, 1.54) is 19.3 Å². The van der Waals surface area contributed by atoms with Crippen LogP contribution < -0.4 is 15.0 Å². The molecule has 9 heteroatoms. The van der Waals surface area contributed by atoms with E-state index in [4.69, 9.17) is 21.6 Å². The molecule has 180 valence electrons. The van der Waals surface area contributed by atoms with Crippen molar-refractivity contribution in [3.05, 3.63) is 46.6 Å². The van der Waals surface area contributed by atoms with Crippen LogP contribution in [0.25, 0.3) is 0 Å². The summed E-state index contributed by atoms with van der Waals surface area (Å²) >= 11 is 9.62. The molecule has 0 spiro atoms. The minimum Gasteiger partial charge on any atom is -0.490 e. The molecule has 0 unspecified atom stereocenters. The molecule has 2 heterocycles. The lowest BCUT2D eigenvalue weighted by Crippen LogP contribution is -2.40. The highest BCUT2D eigenvalue weighted by Crippen LogP contribution is 2.28. The van der Waals surface area contributed by atoms with Crippen LogP contribution in [0.5, 0.6) is 5.75 Å². The fourth-order valence-corrected chi connectivity index (χ4v) is 5.52. The highest BCUT2D eigenvalue weighted by atomic mass is 79.9. The third kappa shape index (κ3) is 6.39. The van der Waals surface area contributed by atoms with E-state index < -0.39 is 0 Å². The molecule has 1 aromatic heterocycles. The van der Waals surface area contributed by atoms with E-state index >= 15 is 0 Å². The number of ether oxygens (including phenoxy) is 1. The Hall–Kier alpha value is -2.37. The second-order valence-corrected chi connectivity index (χ2v) is 10.2. The summed E-state index contributed by atoms with van der Waals surface area (Å²) in [6, 6.07) is 10.9. The molecule has 7 nitrogen and oxygen atoms in total. The zero-order valence-corrected chi connectivity index (χ0v) is 21.4. The predicted molar refractivity (Wildman–Crippen MR) is 136 cm³/mol. The number of carbonyl (C=O) groups excluding carboxylic acids is 1. The molecule has 0 radical (unpaired) electrons. The summed E-state index contributed by atoms with van der Waals surface area (Å²) in [7, 11) is 0. The van der Waals surface area contributed by atoms with Crippen molar-refractivity contribution < 1.29 is 9.53 Å². The summed E-state index contributed by atoms with van der Waals surface area (Å²) in [5.41, 5.74) is 0.787. The van der Waals surface area contributed by atoms with Gasteiger partial charge in [-0.3, -0.25) is 4.79 Å². The van der Waals surface area contributed by atoms with Crippen molar-refractivity contribution in [3.63, 3.8) is 0 Å². The van der Waals surface area contributed by atoms with Crippen molar-refractivity contribution in [2.45, 2.75) is 57.1 Å². The molecule has 2 aliphatic rings. The van der Waals surface area contributed by atoms with Gasteiger partial charge >= 0.3 is 0 Å². The maximum atomic E-state index is 12.7. The van der Waals surface area contributed by atoms with Gasteiger partial charge < -0.3 is 15.0 Å². The van der Waals surface area contributed by atoms with Crippen LogP contribution >= 0.6 is 27.5 Å². The van der Waals surface area contributed by atoms with Crippen molar-refractivity contribution in [1.29, 1.82) is 5.26 Å². The molecular weight excluding hydrogens is 518 g/mol. The van der Waals surface area contributed by atoms with Gasteiger partial charge in [0.15, 0.2) is 11.5 Å². The van der Waals surface area contributed by atoms with E-state index in [9.17, 15) is 4.79 Å². The molecule has 1 aliphatic heterocycles. The smallest absolute Gasteiger partial charge is 0.272 e. The maximum Gasteiger partial charge on any atom is 0.272 e. The van der Waals surface area contributed by atoms with Gasteiger partial charge in [0.1, 0.15) is 11.8 Å². The van der Waals surface area contributed by atoms with Crippen LogP contribution in [0.4, 0.5) is 5.82 Å². The monoisotopic (exact) mass is 545 g/mol. The summed E-state index contributed by atoms with van der Waals surface area (Å²) in [5, 5.41) is 22.1. The van der Waals surface area contributed by atoms with Crippen LogP contribution in [0.15, 0.2) is 30.3 Å². The van der Waals surface area contributed by atoms with Gasteiger partial charge in [0, 0.05) is 30.5 Å². The van der Waals surface area contributed by atoms with Gasteiger partial charge in [-0.25, -0.2) is 0 Å². The topological polar surface area (TPSA) is 91.1 Å². The van der Waals surface area contributed by atoms with Gasteiger partial charge in [0.25, 0.3) is 5.91 Å². The zero-order chi connectivity index (χ0) is 23.9. The minimum absolute atomic E-state index is 0.0647. The number of aromatic nitrogens is 2. The Morgan fingerprint density at radius 2 is 1.91 bits per heavy atom. The Morgan fingerprint density at radius 1 is 1.15 bits per heavy atom. The van der Waals surface area contributed by atoms with E-state index in [1.807, 2.05) is 12.1 Å². The normalized spacial score (nSPS) is 21.0. The van der Waals surface area contributed by atoms with Gasteiger partial charge in [-0.15, -0.1) is 10.2 Å². The molecule has 4 rings (SSSR count). The number of hydrogen-bond acceptors (Lipinski definition) is 6. The quantitative estimate of drug-likeness (QED) is 0.485. The van der Waals surface area contributed by atoms with Gasteiger partial charge in [-0.05, 0) is 75.1 Å². The SMILES string of the molecule is N#Cc1ccc(OC2CCC(NC(=O)c3ccc(N4CCC(CCBr)CC4)nn3)CC2)cc1Cl. The first-order valence-corrected chi connectivity index (χ1v) is 13.4. The third-order valence-corrected chi connectivity index (χ3v) is 7.48. The Bertz CT molecular complexity index is 1010. The maximum absolute atomic E-state index is 12.7. The molecule has 2 aromatic rings.